The first-order valence-corrected chi connectivity index (χ1v) is 39.7. The number of allylic oxidation sites excluding steroid dienone is 25. The van der Waals surface area contributed by atoms with Crippen molar-refractivity contribution >= 4 is 5.91 Å². The maximum absolute atomic E-state index is 13.4. The number of rotatable bonds is 64. The molecule has 2 heterocycles. The van der Waals surface area contributed by atoms with E-state index in [1.165, 1.54) is 135 Å². The van der Waals surface area contributed by atoms with Gasteiger partial charge in [-0.05, 0) is 109 Å². The Balaban J connectivity index is 1.66. The molecular weight excluding hydrogens is 1250 g/mol. The van der Waals surface area contributed by atoms with Crippen LogP contribution in [-0.2, 0) is 23.7 Å². The minimum absolute atomic E-state index is 0.242. The zero-order valence-electron chi connectivity index (χ0n) is 62.4. The Kier molecular flexibility index (Phi) is 62.1. The number of carbonyl (C=O) groups is 1. The fourth-order valence-corrected chi connectivity index (χ4v) is 12.0. The van der Waals surface area contributed by atoms with Crippen molar-refractivity contribution in [3.8, 4) is 0 Å². The zero-order valence-corrected chi connectivity index (χ0v) is 62.4. The molecule has 0 aromatic carbocycles. The van der Waals surface area contributed by atoms with Crippen LogP contribution in [0.25, 0.3) is 0 Å². The maximum Gasteiger partial charge on any atom is 0.220 e. The SMILES string of the molecule is CC/C=C\C/C=C\C/C=C\C/C=C\C/C=C\C/C=C\C/C=C\C/C=C\C/C=C\C/C=C\C/C=C\C/C=C\CCCCCCC(=O)NC(COC1OC(CO)C(OC2OC(CO)C(O)C(O)C2O)C(O)C1O)C(O)/C=C/CCCCCCCCCCCCCCCCCCCCCCCCC. The van der Waals surface area contributed by atoms with Gasteiger partial charge in [-0.2, -0.15) is 0 Å². The van der Waals surface area contributed by atoms with Crippen molar-refractivity contribution in [2.45, 2.75) is 357 Å². The van der Waals surface area contributed by atoms with Crippen molar-refractivity contribution in [1.82, 2.24) is 5.32 Å². The summed E-state index contributed by atoms with van der Waals surface area (Å²) in [7, 11) is 0. The molecule has 12 unspecified atom stereocenters. The Bertz CT molecular complexity index is 2290. The van der Waals surface area contributed by atoms with E-state index >= 15 is 0 Å². The molecule has 0 radical (unpaired) electrons. The van der Waals surface area contributed by atoms with Gasteiger partial charge in [0.15, 0.2) is 12.6 Å². The van der Waals surface area contributed by atoms with Crippen LogP contribution in [0.15, 0.2) is 158 Å². The maximum atomic E-state index is 13.4. The van der Waals surface area contributed by atoms with Crippen LogP contribution in [-0.4, -0.2) is 140 Å². The Morgan fingerprint density at radius 3 is 1.06 bits per heavy atom. The molecule has 14 nitrogen and oxygen atoms in total. The number of hydrogen-bond donors (Lipinski definition) is 9. The molecule has 2 aliphatic rings. The van der Waals surface area contributed by atoms with Gasteiger partial charge in [-0.25, -0.2) is 0 Å². The highest BCUT2D eigenvalue weighted by molar-refractivity contribution is 5.76. The van der Waals surface area contributed by atoms with Crippen molar-refractivity contribution in [3.63, 3.8) is 0 Å². The van der Waals surface area contributed by atoms with Crippen molar-refractivity contribution in [3.05, 3.63) is 158 Å². The second-order valence-corrected chi connectivity index (χ2v) is 27.1. The number of aliphatic hydroxyl groups excluding tert-OH is 8. The third-order valence-corrected chi connectivity index (χ3v) is 18.2. The van der Waals surface area contributed by atoms with E-state index in [-0.39, 0.29) is 18.9 Å². The van der Waals surface area contributed by atoms with Crippen molar-refractivity contribution in [2.75, 3.05) is 19.8 Å². The number of aliphatic hydroxyl groups is 8. The lowest BCUT2D eigenvalue weighted by molar-refractivity contribution is -0.359. The number of unbranched alkanes of at least 4 members (excludes halogenated alkanes) is 27. The number of hydrogen-bond acceptors (Lipinski definition) is 13. The minimum atomic E-state index is -1.80. The van der Waals surface area contributed by atoms with Crippen molar-refractivity contribution in [1.29, 1.82) is 0 Å². The van der Waals surface area contributed by atoms with Gasteiger partial charge >= 0.3 is 0 Å². The molecule has 0 aromatic heterocycles. The molecule has 1 amide bonds. The van der Waals surface area contributed by atoms with Crippen LogP contribution in [0.1, 0.15) is 284 Å². The third kappa shape index (κ3) is 50.1. The molecule has 9 N–H and O–H groups in total. The average molecular weight is 1400 g/mol. The molecular formula is C86H143NO13. The largest absolute Gasteiger partial charge is 0.394 e. The molecule has 0 spiro atoms. The number of nitrogens with one attached hydrogen (secondary N) is 1. The number of ether oxygens (including phenoxy) is 4. The molecule has 0 saturated carbocycles. The Morgan fingerprint density at radius 2 is 0.690 bits per heavy atom. The van der Waals surface area contributed by atoms with Crippen molar-refractivity contribution in [2.24, 2.45) is 0 Å². The summed E-state index contributed by atoms with van der Waals surface area (Å²) in [5.74, 6) is -0.267. The minimum Gasteiger partial charge on any atom is -0.394 e. The highest BCUT2D eigenvalue weighted by Crippen LogP contribution is 2.30. The van der Waals surface area contributed by atoms with Crippen LogP contribution < -0.4 is 5.32 Å². The molecule has 2 saturated heterocycles. The van der Waals surface area contributed by atoms with E-state index in [0.717, 1.165) is 122 Å². The van der Waals surface area contributed by atoms with E-state index in [4.69, 9.17) is 18.9 Å². The van der Waals surface area contributed by atoms with Gasteiger partial charge in [0.25, 0.3) is 0 Å². The van der Waals surface area contributed by atoms with Gasteiger partial charge in [0.05, 0.1) is 32.0 Å². The summed E-state index contributed by atoms with van der Waals surface area (Å²) in [5, 5.41) is 87.6. The van der Waals surface area contributed by atoms with Crippen LogP contribution in [0.2, 0.25) is 0 Å². The van der Waals surface area contributed by atoms with E-state index in [2.05, 4.69) is 165 Å². The monoisotopic (exact) mass is 1400 g/mol. The second kappa shape index (κ2) is 67.8. The van der Waals surface area contributed by atoms with E-state index in [9.17, 15) is 45.6 Å². The molecule has 2 rings (SSSR count). The van der Waals surface area contributed by atoms with E-state index in [0.29, 0.717) is 6.42 Å². The quantitative estimate of drug-likeness (QED) is 0.0204. The van der Waals surface area contributed by atoms with Gasteiger partial charge in [-0.15, -0.1) is 0 Å². The standard InChI is InChI=1S/C86H143NO13/c1-3-5-7-9-11-13-15-17-19-21-23-25-27-29-30-31-32-33-34-35-36-37-38-39-40-41-42-43-44-46-48-50-52-54-56-58-60-62-64-66-68-70-78(91)87-74(73-97-85-83(96)81(94)84(77(72-89)99-85)100-86-82(95)80(93)79(92)76(71-88)98-86)75(90)69-67-65-63-61-59-57-55-53-51-49-47-45-28-26-24-22-20-18-16-14-12-10-8-6-4-2/h5,7,11,13,17,19,23,25,29-30,32-33,35-36,38-39,41-42,44,46,50,52,56,58,67,69,74-77,79-86,88-90,92-96H,3-4,6,8-10,12,14-16,18,20-22,24,26-28,31,34,37,40,43,45,47-49,51,53-55,57,59-66,68,70-73H2,1-2H3,(H,87,91)/b7-5-,13-11-,19-17-,25-23-,30-29-,33-32-,36-35-,39-38-,42-41-,46-44-,52-50-,58-56-,69-67+. The van der Waals surface area contributed by atoms with Gasteiger partial charge < -0.3 is 65.1 Å². The van der Waals surface area contributed by atoms with E-state index in [1.807, 2.05) is 6.08 Å². The van der Waals surface area contributed by atoms with Crippen LogP contribution >= 0.6 is 0 Å². The molecule has 0 bridgehead atoms. The Labute approximate surface area is 607 Å². The summed E-state index contributed by atoms with van der Waals surface area (Å²) < 4.78 is 22.9. The summed E-state index contributed by atoms with van der Waals surface area (Å²) in [6.45, 7) is 2.69. The van der Waals surface area contributed by atoms with Gasteiger partial charge in [0.1, 0.15) is 48.8 Å². The summed E-state index contributed by atoms with van der Waals surface area (Å²) in [6.07, 6.45) is 87.3. The van der Waals surface area contributed by atoms with Gasteiger partial charge in [-0.1, -0.05) is 326 Å². The lowest BCUT2D eigenvalue weighted by Gasteiger charge is -2.46. The topological polar surface area (TPSA) is 228 Å². The first-order chi connectivity index (χ1) is 49.1. The van der Waals surface area contributed by atoms with Crippen molar-refractivity contribution < 1.29 is 64.6 Å². The normalized spacial score (nSPS) is 22.7. The lowest BCUT2D eigenvalue weighted by atomic mass is 9.97. The number of carbonyl (C=O) groups excluding carboxylic acids is 1. The Morgan fingerprint density at radius 1 is 0.370 bits per heavy atom. The van der Waals surface area contributed by atoms with E-state index in [1.54, 1.807) is 6.08 Å². The molecule has 14 heteroatoms. The molecule has 12 atom stereocenters. The third-order valence-electron chi connectivity index (χ3n) is 18.2. The number of amides is 1. The predicted octanol–water partition coefficient (Wildman–Crippen LogP) is 18.1. The fourth-order valence-electron chi connectivity index (χ4n) is 12.0. The first kappa shape index (κ1) is 91.7. The van der Waals surface area contributed by atoms with Gasteiger partial charge in [0, 0.05) is 6.42 Å². The molecule has 570 valence electrons. The molecule has 2 fully saturated rings. The van der Waals surface area contributed by atoms with E-state index < -0.39 is 86.8 Å². The summed E-state index contributed by atoms with van der Waals surface area (Å²) in [5.41, 5.74) is 0. The summed E-state index contributed by atoms with van der Waals surface area (Å²) in [4.78, 5) is 13.4. The molecule has 100 heavy (non-hydrogen) atoms. The van der Waals surface area contributed by atoms with Crippen LogP contribution in [0.3, 0.4) is 0 Å². The van der Waals surface area contributed by atoms with Gasteiger partial charge in [-0.3, -0.25) is 4.79 Å². The highest BCUT2D eigenvalue weighted by atomic mass is 16.7. The molecule has 0 aliphatic carbocycles. The average Bonchev–Trinajstić information content (AvgIpc) is 0.791. The first-order valence-electron chi connectivity index (χ1n) is 39.7. The zero-order chi connectivity index (χ0) is 72.2. The predicted molar refractivity (Wildman–Crippen MR) is 414 cm³/mol. The van der Waals surface area contributed by atoms with Gasteiger partial charge in [0.2, 0.25) is 5.91 Å². The van der Waals surface area contributed by atoms with Crippen LogP contribution in [0.5, 0.6) is 0 Å². The fraction of sp³-hybridized carbons (Fsp3) is 0.686. The molecule has 2 aliphatic heterocycles. The lowest BCUT2D eigenvalue weighted by Crippen LogP contribution is -2.65. The summed E-state index contributed by atoms with van der Waals surface area (Å²) in [6, 6.07) is -0.942. The smallest absolute Gasteiger partial charge is 0.220 e. The van der Waals surface area contributed by atoms with Crippen LogP contribution in [0.4, 0.5) is 0 Å². The van der Waals surface area contributed by atoms with Crippen LogP contribution in [0, 0.1) is 0 Å². The second-order valence-electron chi connectivity index (χ2n) is 27.1. The molecule has 0 aromatic rings. The summed E-state index contributed by atoms with van der Waals surface area (Å²) >= 11 is 0. The highest BCUT2D eigenvalue weighted by Gasteiger charge is 2.51. The Hall–Kier alpha value is -4.39.